The van der Waals surface area contributed by atoms with Crippen LogP contribution in [0.2, 0.25) is 0 Å². The van der Waals surface area contributed by atoms with E-state index in [-0.39, 0.29) is 5.75 Å². The van der Waals surface area contributed by atoms with Crippen LogP contribution in [0.25, 0.3) is 32.3 Å². The summed E-state index contributed by atoms with van der Waals surface area (Å²) in [5, 5.41) is 20.2. The Morgan fingerprint density at radius 1 is 0.426 bits per heavy atom. The first-order chi connectivity index (χ1) is 26.7. The molecule has 0 saturated carbocycles. The number of phenols is 1. The Hall–Kier alpha value is -6.79. The average Bonchev–Trinajstić information content (AvgIpc) is 3.22. The quantitative estimate of drug-likeness (QED) is 0.128. The fourth-order valence-electron chi connectivity index (χ4n) is 7.73. The van der Waals surface area contributed by atoms with E-state index in [4.69, 9.17) is 4.98 Å². The smallest absolute Gasteiger partial charge is 0.162 e. The van der Waals surface area contributed by atoms with Gasteiger partial charge in [0.25, 0.3) is 0 Å². The molecule has 3 heterocycles. The zero-order valence-corrected chi connectivity index (χ0v) is 29.9. The van der Waals surface area contributed by atoms with Gasteiger partial charge >= 0.3 is 0 Å². The molecule has 0 spiro atoms. The molecule has 0 saturated heterocycles. The van der Waals surface area contributed by atoms with Gasteiger partial charge in [-0.1, -0.05) is 103 Å². The molecule has 0 aliphatic rings. The average molecular weight is 702 g/mol. The highest BCUT2D eigenvalue weighted by atomic mass is 16.3. The van der Waals surface area contributed by atoms with E-state index in [9.17, 15) is 5.11 Å². The van der Waals surface area contributed by atoms with Crippen molar-refractivity contribution in [3.05, 3.63) is 204 Å². The summed E-state index contributed by atoms with van der Waals surface area (Å²) in [5.41, 5.74) is 7.69. The largest absolute Gasteiger partial charge is 0.504 e. The lowest BCUT2D eigenvalue weighted by Gasteiger charge is -2.31. The Morgan fingerprint density at radius 2 is 0.926 bits per heavy atom. The van der Waals surface area contributed by atoms with Crippen LogP contribution in [-0.2, 0) is 32.6 Å². The fraction of sp³-hybridized carbons (Fsp3) is 0.104. The monoisotopic (exact) mass is 701 g/mol. The van der Waals surface area contributed by atoms with E-state index in [1.807, 2.05) is 79.3 Å². The summed E-state index contributed by atoms with van der Waals surface area (Å²) < 4.78 is 0. The zero-order chi connectivity index (χ0) is 36.3. The van der Waals surface area contributed by atoms with Crippen LogP contribution in [0.5, 0.6) is 5.75 Å². The SMILES string of the molecule is Oc1c(N(Cc2ccccc2)Cc2ccccn2)cc(Cc2ccc3ccc4cccc5ccc2c3c45)cc1N(Cc1ccccn1)Cc1ccccn1. The first-order valence-electron chi connectivity index (χ1n) is 18.4. The molecule has 6 heteroatoms. The summed E-state index contributed by atoms with van der Waals surface area (Å²) in [7, 11) is 0. The Bertz CT molecular complexity index is 2440. The molecule has 0 bridgehead atoms. The first kappa shape index (κ1) is 33.1. The van der Waals surface area contributed by atoms with Gasteiger partial charge in [-0.15, -0.1) is 0 Å². The maximum absolute atomic E-state index is 12.5. The standard InChI is InChI=1S/C48H39N5O/c54-48-44(52(30-34-11-2-1-3-12-34)31-40-15-4-7-24-49-40)28-35(29-45(48)53(32-41-16-5-8-25-50-41)33-42-17-6-9-26-51-42)27-39-21-20-38-19-18-36-13-10-14-37-22-23-43(39)47(38)46(36)37/h1-26,28-29,54H,27,30-33H2. The molecule has 0 unspecified atom stereocenters. The minimum absolute atomic E-state index is 0.216. The molecule has 54 heavy (non-hydrogen) atoms. The first-order valence-corrected chi connectivity index (χ1v) is 18.4. The van der Waals surface area contributed by atoms with Gasteiger partial charge in [-0.2, -0.15) is 0 Å². The minimum Gasteiger partial charge on any atom is -0.504 e. The molecular formula is C48H39N5O. The van der Waals surface area contributed by atoms with Crippen LogP contribution < -0.4 is 9.80 Å². The Labute approximate surface area is 315 Å². The van der Waals surface area contributed by atoms with Gasteiger partial charge in [0.05, 0.1) is 48.1 Å². The Kier molecular flexibility index (Phi) is 8.99. The van der Waals surface area contributed by atoms with E-state index < -0.39 is 0 Å². The third-order valence-electron chi connectivity index (χ3n) is 10.3. The highest BCUT2D eigenvalue weighted by molar-refractivity contribution is 6.23. The molecule has 262 valence electrons. The Morgan fingerprint density at radius 3 is 1.48 bits per heavy atom. The van der Waals surface area contributed by atoms with Crippen LogP contribution in [0.1, 0.15) is 33.8 Å². The number of benzene rings is 6. The number of pyridine rings is 3. The molecule has 1 N–H and O–H groups in total. The van der Waals surface area contributed by atoms with Crippen LogP contribution in [0.15, 0.2) is 170 Å². The van der Waals surface area contributed by atoms with E-state index >= 15 is 0 Å². The van der Waals surface area contributed by atoms with Crippen LogP contribution >= 0.6 is 0 Å². The van der Waals surface area contributed by atoms with E-state index in [0.29, 0.717) is 32.6 Å². The second kappa shape index (κ2) is 14.7. The normalized spacial score (nSPS) is 11.4. The number of phenolic OH excluding ortho intramolecular Hbond substituents is 1. The van der Waals surface area contributed by atoms with E-state index in [0.717, 1.165) is 39.6 Å². The van der Waals surface area contributed by atoms with Gasteiger partial charge in [-0.05, 0) is 104 Å². The van der Waals surface area contributed by atoms with Crippen molar-refractivity contribution < 1.29 is 5.11 Å². The third kappa shape index (κ3) is 6.77. The van der Waals surface area contributed by atoms with Crippen LogP contribution in [0.3, 0.4) is 0 Å². The molecule has 6 aromatic carbocycles. The highest BCUT2D eigenvalue weighted by Gasteiger charge is 2.23. The molecule has 0 aliphatic heterocycles. The summed E-state index contributed by atoms with van der Waals surface area (Å²) in [6.45, 7) is 2.09. The van der Waals surface area contributed by atoms with Crippen molar-refractivity contribution in [3.63, 3.8) is 0 Å². The van der Waals surface area contributed by atoms with Gasteiger partial charge in [0.15, 0.2) is 5.75 Å². The summed E-state index contributed by atoms with van der Waals surface area (Å²) in [4.78, 5) is 18.5. The van der Waals surface area contributed by atoms with Crippen molar-refractivity contribution in [2.24, 2.45) is 0 Å². The topological polar surface area (TPSA) is 65.4 Å². The van der Waals surface area contributed by atoms with Gasteiger partial charge in [-0.3, -0.25) is 15.0 Å². The van der Waals surface area contributed by atoms with Crippen LogP contribution in [0, 0.1) is 0 Å². The van der Waals surface area contributed by atoms with Crippen molar-refractivity contribution in [2.75, 3.05) is 9.80 Å². The number of hydrogen-bond acceptors (Lipinski definition) is 6. The molecule has 0 atom stereocenters. The molecule has 0 aliphatic carbocycles. The summed E-state index contributed by atoms with van der Waals surface area (Å²) >= 11 is 0. The number of rotatable bonds is 12. The second-order valence-corrected chi connectivity index (χ2v) is 13.9. The van der Waals surface area contributed by atoms with E-state index in [2.05, 4.69) is 111 Å². The maximum Gasteiger partial charge on any atom is 0.162 e. The number of nitrogens with zero attached hydrogens (tertiary/aromatic N) is 5. The van der Waals surface area contributed by atoms with Gasteiger partial charge < -0.3 is 14.9 Å². The molecule has 0 amide bonds. The van der Waals surface area contributed by atoms with Crippen molar-refractivity contribution >= 4 is 43.7 Å². The number of hydrogen-bond donors (Lipinski definition) is 1. The lowest BCUT2D eigenvalue weighted by Crippen LogP contribution is -2.26. The predicted molar refractivity (Wildman–Crippen MR) is 220 cm³/mol. The molecule has 9 aromatic rings. The predicted octanol–water partition coefficient (Wildman–Crippen LogP) is 10.5. The summed E-state index contributed by atoms with van der Waals surface area (Å²) in [5.74, 6) is 0.216. The third-order valence-corrected chi connectivity index (χ3v) is 10.3. The molecule has 9 rings (SSSR count). The maximum atomic E-state index is 12.5. The second-order valence-electron chi connectivity index (χ2n) is 13.9. The fourth-order valence-corrected chi connectivity index (χ4v) is 7.73. The molecule has 3 aromatic heterocycles. The van der Waals surface area contributed by atoms with Crippen molar-refractivity contribution in [3.8, 4) is 5.75 Å². The van der Waals surface area contributed by atoms with Crippen molar-refractivity contribution in [1.29, 1.82) is 0 Å². The lowest BCUT2D eigenvalue weighted by molar-refractivity contribution is 0.470. The lowest BCUT2D eigenvalue weighted by atomic mass is 9.90. The van der Waals surface area contributed by atoms with Crippen molar-refractivity contribution in [2.45, 2.75) is 32.6 Å². The molecule has 0 radical (unpaired) electrons. The van der Waals surface area contributed by atoms with Crippen LogP contribution in [0.4, 0.5) is 11.4 Å². The van der Waals surface area contributed by atoms with Crippen molar-refractivity contribution in [1.82, 2.24) is 15.0 Å². The van der Waals surface area contributed by atoms with E-state index in [1.54, 1.807) is 0 Å². The van der Waals surface area contributed by atoms with Crippen LogP contribution in [-0.4, -0.2) is 20.1 Å². The number of anilines is 2. The molecule has 6 nitrogen and oxygen atoms in total. The van der Waals surface area contributed by atoms with Gasteiger partial charge in [0, 0.05) is 25.1 Å². The Balaban J connectivity index is 1.22. The number of aromatic nitrogens is 3. The van der Waals surface area contributed by atoms with Gasteiger partial charge in [0.1, 0.15) is 0 Å². The summed E-state index contributed by atoms with van der Waals surface area (Å²) in [6.07, 6.45) is 6.14. The number of aromatic hydroxyl groups is 1. The molecular weight excluding hydrogens is 663 g/mol. The summed E-state index contributed by atoms with van der Waals surface area (Å²) in [6, 6.07) is 52.7. The zero-order valence-electron chi connectivity index (χ0n) is 29.9. The van der Waals surface area contributed by atoms with E-state index in [1.165, 1.54) is 37.9 Å². The highest BCUT2D eigenvalue weighted by Crippen LogP contribution is 2.43. The van der Waals surface area contributed by atoms with Gasteiger partial charge in [0.2, 0.25) is 0 Å². The molecule has 0 fully saturated rings. The minimum atomic E-state index is 0.216. The van der Waals surface area contributed by atoms with Gasteiger partial charge in [-0.25, -0.2) is 0 Å².